The Morgan fingerprint density at radius 3 is 2.94 bits per heavy atom. The van der Waals surface area contributed by atoms with E-state index in [1.54, 1.807) is 19.2 Å². The van der Waals surface area contributed by atoms with Crippen molar-refractivity contribution in [3.8, 4) is 0 Å². The van der Waals surface area contributed by atoms with E-state index in [9.17, 15) is 9.18 Å². The maximum atomic E-state index is 14.1. The van der Waals surface area contributed by atoms with Gasteiger partial charge in [0.2, 0.25) is 0 Å². The predicted molar refractivity (Wildman–Crippen MR) is 123 cm³/mol. The number of aromatic nitrogens is 1. The van der Waals surface area contributed by atoms with Crippen LogP contribution < -0.4 is 10.2 Å². The molecule has 1 aliphatic heterocycles. The van der Waals surface area contributed by atoms with E-state index < -0.39 is 0 Å². The number of amides is 1. The lowest BCUT2D eigenvalue weighted by Gasteiger charge is -2.25. The van der Waals surface area contributed by atoms with Crippen LogP contribution in [0.25, 0.3) is 10.9 Å². The Bertz CT molecular complexity index is 1040. The number of nitrogens with one attached hydrogen (secondary N) is 2. The van der Waals surface area contributed by atoms with Crippen molar-refractivity contribution in [2.24, 2.45) is 0 Å². The van der Waals surface area contributed by atoms with E-state index in [-0.39, 0.29) is 11.7 Å². The minimum Gasteiger partial charge on any atom is -0.383 e. The molecule has 164 valence electrons. The third-order valence-electron chi connectivity index (χ3n) is 6.10. The number of halogens is 1. The molecule has 1 saturated heterocycles. The lowest BCUT2D eigenvalue weighted by atomic mass is 10.1. The van der Waals surface area contributed by atoms with E-state index in [1.807, 2.05) is 25.1 Å². The van der Waals surface area contributed by atoms with Crippen LogP contribution in [0.5, 0.6) is 0 Å². The molecule has 0 spiro atoms. The van der Waals surface area contributed by atoms with Crippen LogP contribution in [0.1, 0.15) is 22.5 Å². The summed E-state index contributed by atoms with van der Waals surface area (Å²) in [6.07, 6.45) is 1.09. The van der Waals surface area contributed by atoms with Gasteiger partial charge in [-0.1, -0.05) is 12.1 Å². The van der Waals surface area contributed by atoms with Gasteiger partial charge < -0.3 is 19.9 Å². The van der Waals surface area contributed by atoms with Crippen molar-refractivity contribution in [1.82, 2.24) is 9.88 Å². The first kappa shape index (κ1) is 21.3. The molecule has 1 aliphatic rings. The second-order valence-corrected chi connectivity index (χ2v) is 8.20. The van der Waals surface area contributed by atoms with Gasteiger partial charge in [-0.3, -0.25) is 9.69 Å². The van der Waals surface area contributed by atoms with Crippen LogP contribution in [0.15, 0.2) is 42.5 Å². The van der Waals surface area contributed by atoms with Gasteiger partial charge in [-0.2, -0.15) is 0 Å². The van der Waals surface area contributed by atoms with E-state index in [0.717, 1.165) is 49.6 Å². The number of methoxy groups -OCH3 is 1. The predicted octanol–water partition coefficient (Wildman–Crippen LogP) is 4.02. The Kier molecular flexibility index (Phi) is 6.25. The molecule has 1 atom stereocenters. The Morgan fingerprint density at radius 2 is 2.16 bits per heavy atom. The first-order valence-electron chi connectivity index (χ1n) is 10.6. The maximum absolute atomic E-state index is 14.1. The number of carbonyl (C=O) groups is 1. The van der Waals surface area contributed by atoms with E-state index in [4.69, 9.17) is 4.74 Å². The van der Waals surface area contributed by atoms with Gasteiger partial charge in [0.05, 0.1) is 12.1 Å². The average molecular weight is 425 g/mol. The fourth-order valence-electron chi connectivity index (χ4n) is 4.18. The summed E-state index contributed by atoms with van der Waals surface area (Å²) in [5, 5.41) is 3.37. The van der Waals surface area contributed by atoms with Crippen LogP contribution in [0.2, 0.25) is 0 Å². The largest absolute Gasteiger partial charge is 0.383 e. The van der Waals surface area contributed by atoms with Crippen molar-refractivity contribution in [2.45, 2.75) is 19.4 Å². The van der Waals surface area contributed by atoms with Crippen LogP contribution >= 0.6 is 0 Å². The number of aryl methyl sites for hydroxylation is 1. The van der Waals surface area contributed by atoms with Crippen molar-refractivity contribution in [3.05, 3.63) is 59.5 Å². The van der Waals surface area contributed by atoms with Gasteiger partial charge in [-0.05, 0) is 56.3 Å². The van der Waals surface area contributed by atoms with E-state index in [2.05, 4.69) is 33.2 Å². The third kappa shape index (κ3) is 4.57. The second kappa shape index (κ2) is 9.08. The molecule has 0 aliphatic carbocycles. The highest BCUT2D eigenvalue weighted by Crippen LogP contribution is 2.26. The number of fused-ring (bicyclic) bond motifs is 1. The first-order valence-corrected chi connectivity index (χ1v) is 10.6. The fraction of sp³-hybridized carbons (Fsp3) is 0.375. The van der Waals surface area contributed by atoms with Crippen molar-refractivity contribution in [2.75, 3.05) is 50.6 Å². The summed E-state index contributed by atoms with van der Waals surface area (Å²) >= 11 is 0. The summed E-state index contributed by atoms with van der Waals surface area (Å²) in [6, 6.07) is 13.0. The van der Waals surface area contributed by atoms with Crippen LogP contribution in [0, 0.1) is 12.7 Å². The van der Waals surface area contributed by atoms with Crippen LogP contribution in [-0.4, -0.2) is 62.2 Å². The molecule has 0 bridgehead atoms. The van der Waals surface area contributed by atoms with E-state index >= 15 is 0 Å². The Balaban J connectivity index is 1.45. The molecule has 1 unspecified atom stereocenters. The highest BCUT2D eigenvalue weighted by Gasteiger charge is 2.26. The minimum atomic E-state index is -0.336. The Morgan fingerprint density at radius 1 is 1.32 bits per heavy atom. The average Bonchev–Trinajstić information content (AvgIpc) is 3.43. The van der Waals surface area contributed by atoms with Crippen LogP contribution in [-0.2, 0) is 4.74 Å². The zero-order valence-electron chi connectivity index (χ0n) is 18.2. The molecule has 7 heteroatoms. The maximum Gasteiger partial charge on any atom is 0.272 e. The summed E-state index contributed by atoms with van der Waals surface area (Å²) in [7, 11) is 3.86. The number of rotatable bonds is 7. The van der Waals surface area contributed by atoms with Gasteiger partial charge in [0.15, 0.2) is 0 Å². The number of H-pyrrole nitrogens is 1. The van der Waals surface area contributed by atoms with Gasteiger partial charge in [-0.25, -0.2) is 4.39 Å². The Labute approximate surface area is 182 Å². The molecule has 0 radical (unpaired) electrons. The summed E-state index contributed by atoms with van der Waals surface area (Å²) < 4.78 is 19.3. The minimum absolute atomic E-state index is 0.286. The van der Waals surface area contributed by atoms with Gasteiger partial charge in [0.1, 0.15) is 11.5 Å². The molecule has 31 heavy (non-hydrogen) atoms. The smallest absolute Gasteiger partial charge is 0.272 e. The summed E-state index contributed by atoms with van der Waals surface area (Å²) in [5.74, 6) is -0.623. The summed E-state index contributed by atoms with van der Waals surface area (Å²) in [4.78, 5) is 20.5. The summed E-state index contributed by atoms with van der Waals surface area (Å²) in [6.45, 7) is 5.44. The number of likely N-dealkylation sites (N-methyl/N-ethyl adjacent to an activating group) is 1. The van der Waals surface area contributed by atoms with Gasteiger partial charge in [0.25, 0.3) is 5.91 Å². The number of benzene rings is 2. The number of hydrogen-bond acceptors (Lipinski definition) is 4. The van der Waals surface area contributed by atoms with E-state index in [0.29, 0.717) is 22.6 Å². The fourth-order valence-corrected chi connectivity index (χ4v) is 4.18. The molecule has 1 fully saturated rings. The highest BCUT2D eigenvalue weighted by molar-refractivity contribution is 6.06. The van der Waals surface area contributed by atoms with Gasteiger partial charge in [-0.15, -0.1) is 0 Å². The van der Waals surface area contributed by atoms with Crippen LogP contribution in [0.3, 0.4) is 0 Å². The van der Waals surface area contributed by atoms with Crippen molar-refractivity contribution < 1.29 is 13.9 Å². The van der Waals surface area contributed by atoms with Crippen molar-refractivity contribution in [1.29, 1.82) is 0 Å². The molecule has 2 N–H and O–H groups in total. The molecule has 0 saturated carbocycles. The number of aromatic amines is 1. The monoisotopic (exact) mass is 424 g/mol. The van der Waals surface area contributed by atoms with Gasteiger partial charge in [0, 0.05) is 49.5 Å². The molecular weight excluding hydrogens is 395 g/mol. The SMILES string of the molecule is COCCN(C)C1CCN(c2cccc(NC(=O)c3cc4c(F)ccc(C)c4[nH]3)c2)C1. The quantitative estimate of drug-likeness (QED) is 0.601. The van der Waals surface area contributed by atoms with E-state index in [1.165, 1.54) is 6.07 Å². The highest BCUT2D eigenvalue weighted by atomic mass is 19.1. The zero-order valence-corrected chi connectivity index (χ0v) is 18.2. The molecule has 6 nitrogen and oxygen atoms in total. The van der Waals surface area contributed by atoms with Crippen molar-refractivity contribution in [3.63, 3.8) is 0 Å². The lowest BCUT2D eigenvalue weighted by Crippen LogP contribution is -2.36. The number of carbonyl (C=O) groups excluding carboxylic acids is 1. The zero-order chi connectivity index (χ0) is 22.0. The Hall–Kier alpha value is -2.90. The standard InChI is InChI=1S/C24H29FN4O2/c1-16-7-8-21(25)20-14-22(27-23(16)20)24(30)26-17-5-4-6-18(13-17)29-10-9-19(15-29)28(2)11-12-31-3/h4-8,13-14,19,27H,9-12,15H2,1-3H3,(H,26,30). The third-order valence-corrected chi connectivity index (χ3v) is 6.10. The first-order chi connectivity index (χ1) is 15.0. The molecule has 3 aromatic rings. The molecule has 4 rings (SSSR count). The normalized spacial score (nSPS) is 16.4. The summed E-state index contributed by atoms with van der Waals surface area (Å²) in [5.41, 5.74) is 3.69. The molecule has 2 heterocycles. The number of ether oxygens (including phenoxy) is 1. The van der Waals surface area contributed by atoms with Crippen LogP contribution in [0.4, 0.5) is 15.8 Å². The molecule has 1 aromatic heterocycles. The van der Waals surface area contributed by atoms with Crippen molar-refractivity contribution >= 4 is 28.2 Å². The lowest BCUT2D eigenvalue weighted by molar-refractivity contribution is 0.102. The molecule has 2 aromatic carbocycles. The topological polar surface area (TPSA) is 60.6 Å². The second-order valence-electron chi connectivity index (χ2n) is 8.20. The molecular formula is C24H29FN4O2. The number of anilines is 2. The number of nitrogens with zero attached hydrogens (tertiary/aromatic N) is 2. The molecule has 1 amide bonds. The number of hydrogen-bond donors (Lipinski definition) is 2. The van der Waals surface area contributed by atoms with Gasteiger partial charge >= 0.3 is 0 Å².